The lowest BCUT2D eigenvalue weighted by Crippen LogP contribution is -2.55. The van der Waals surface area contributed by atoms with E-state index in [0.717, 1.165) is 13.0 Å². The number of aliphatic hydroxyl groups is 1. The summed E-state index contributed by atoms with van der Waals surface area (Å²) >= 11 is 0. The number of rotatable bonds is 6. The fourth-order valence-corrected chi connectivity index (χ4v) is 1.95. The van der Waals surface area contributed by atoms with Crippen LogP contribution in [0.3, 0.4) is 0 Å². The molecule has 0 spiro atoms. The van der Waals surface area contributed by atoms with Crippen molar-refractivity contribution < 1.29 is 24.6 Å². The fourth-order valence-electron chi connectivity index (χ4n) is 1.95. The maximum absolute atomic E-state index is 11.8. The molecule has 0 aromatic carbocycles. The molecular formula is C12H21N3O5. The highest BCUT2D eigenvalue weighted by atomic mass is 16.4. The Bertz CT molecular complexity index is 379. The molecule has 2 amide bonds. The SMILES string of the molecule is C[C@H](NC(=O)[C@@H]1CCCN1)C(=O)N[C@H](C(=O)O)[C@@H](C)O. The zero-order valence-electron chi connectivity index (χ0n) is 11.5. The van der Waals surface area contributed by atoms with Gasteiger partial charge in [0, 0.05) is 0 Å². The Labute approximate surface area is 116 Å². The van der Waals surface area contributed by atoms with E-state index in [1.54, 1.807) is 0 Å². The summed E-state index contributed by atoms with van der Waals surface area (Å²) in [5.74, 6) is -2.26. The number of carboxylic acid groups (broad SMARTS) is 1. The van der Waals surface area contributed by atoms with Gasteiger partial charge in [-0.3, -0.25) is 9.59 Å². The van der Waals surface area contributed by atoms with Crippen molar-refractivity contribution in [2.24, 2.45) is 0 Å². The molecule has 1 fully saturated rings. The molecule has 8 heteroatoms. The van der Waals surface area contributed by atoms with Gasteiger partial charge in [-0.25, -0.2) is 4.79 Å². The van der Waals surface area contributed by atoms with E-state index in [4.69, 9.17) is 5.11 Å². The number of carbonyl (C=O) groups is 3. The van der Waals surface area contributed by atoms with Crippen LogP contribution in [0.25, 0.3) is 0 Å². The van der Waals surface area contributed by atoms with Crippen LogP contribution < -0.4 is 16.0 Å². The van der Waals surface area contributed by atoms with E-state index in [1.807, 2.05) is 0 Å². The summed E-state index contributed by atoms with van der Waals surface area (Å²) in [7, 11) is 0. The fraction of sp³-hybridized carbons (Fsp3) is 0.750. The number of amides is 2. The van der Waals surface area contributed by atoms with Crippen molar-refractivity contribution >= 4 is 17.8 Å². The van der Waals surface area contributed by atoms with Gasteiger partial charge in [0.15, 0.2) is 6.04 Å². The van der Waals surface area contributed by atoms with Crippen molar-refractivity contribution in [2.75, 3.05) is 6.54 Å². The number of carboxylic acids is 1. The van der Waals surface area contributed by atoms with E-state index >= 15 is 0 Å². The first-order valence-electron chi connectivity index (χ1n) is 6.58. The maximum atomic E-state index is 11.8. The van der Waals surface area contributed by atoms with Gasteiger partial charge in [0.25, 0.3) is 0 Å². The molecule has 1 aliphatic rings. The second kappa shape index (κ2) is 7.20. The number of nitrogens with one attached hydrogen (secondary N) is 3. The number of carbonyl (C=O) groups excluding carboxylic acids is 2. The van der Waals surface area contributed by atoms with Crippen LogP contribution in [-0.2, 0) is 14.4 Å². The normalized spacial score (nSPS) is 22.6. The Kier molecular flexibility index (Phi) is 5.90. The number of hydrogen-bond acceptors (Lipinski definition) is 5. The van der Waals surface area contributed by atoms with Crippen molar-refractivity contribution in [2.45, 2.75) is 50.9 Å². The predicted octanol–water partition coefficient (Wildman–Crippen LogP) is -1.81. The third-order valence-corrected chi connectivity index (χ3v) is 3.18. The van der Waals surface area contributed by atoms with Gasteiger partial charge < -0.3 is 26.2 Å². The van der Waals surface area contributed by atoms with Crippen molar-refractivity contribution in [1.82, 2.24) is 16.0 Å². The first-order valence-corrected chi connectivity index (χ1v) is 6.58. The van der Waals surface area contributed by atoms with Crippen LogP contribution in [0.1, 0.15) is 26.7 Å². The lowest BCUT2D eigenvalue weighted by Gasteiger charge is -2.21. The number of aliphatic carboxylic acids is 1. The third kappa shape index (κ3) is 4.46. The van der Waals surface area contributed by atoms with Crippen molar-refractivity contribution in [1.29, 1.82) is 0 Å². The summed E-state index contributed by atoms with van der Waals surface area (Å²) in [6.45, 7) is 3.50. The molecule has 5 N–H and O–H groups in total. The minimum atomic E-state index is -1.40. The smallest absolute Gasteiger partial charge is 0.328 e. The lowest BCUT2D eigenvalue weighted by atomic mass is 10.1. The largest absolute Gasteiger partial charge is 0.480 e. The van der Waals surface area contributed by atoms with Crippen molar-refractivity contribution in [3.8, 4) is 0 Å². The molecule has 1 aliphatic heterocycles. The Hall–Kier alpha value is -1.67. The molecule has 0 saturated carbocycles. The summed E-state index contributed by atoms with van der Waals surface area (Å²) in [6.07, 6.45) is 0.392. The highest BCUT2D eigenvalue weighted by Gasteiger charge is 2.29. The molecule has 1 heterocycles. The first kappa shape index (κ1) is 16.4. The molecule has 4 atom stereocenters. The monoisotopic (exact) mass is 287 g/mol. The van der Waals surface area contributed by atoms with Gasteiger partial charge in [-0.2, -0.15) is 0 Å². The molecule has 0 radical (unpaired) electrons. The van der Waals surface area contributed by atoms with Gasteiger partial charge >= 0.3 is 5.97 Å². The van der Waals surface area contributed by atoms with E-state index in [2.05, 4.69) is 16.0 Å². The Morgan fingerprint density at radius 1 is 1.25 bits per heavy atom. The Morgan fingerprint density at radius 2 is 1.90 bits per heavy atom. The van der Waals surface area contributed by atoms with Crippen LogP contribution in [0.5, 0.6) is 0 Å². The van der Waals surface area contributed by atoms with E-state index in [0.29, 0.717) is 6.42 Å². The lowest BCUT2D eigenvalue weighted by molar-refractivity contribution is -0.145. The third-order valence-electron chi connectivity index (χ3n) is 3.18. The molecule has 8 nitrogen and oxygen atoms in total. The minimum Gasteiger partial charge on any atom is -0.480 e. The topological polar surface area (TPSA) is 128 Å². The predicted molar refractivity (Wildman–Crippen MR) is 69.9 cm³/mol. The van der Waals surface area contributed by atoms with Crippen molar-refractivity contribution in [3.05, 3.63) is 0 Å². The summed E-state index contributed by atoms with van der Waals surface area (Å²) in [5, 5.41) is 25.8. The Balaban J connectivity index is 2.49. The molecule has 0 aromatic rings. The van der Waals surface area contributed by atoms with Gasteiger partial charge in [0.2, 0.25) is 11.8 Å². The quantitative estimate of drug-likeness (QED) is 0.392. The van der Waals surface area contributed by atoms with E-state index in [-0.39, 0.29) is 11.9 Å². The highest BCUT2D eigenvalue weighted by Crippen LogP contribution is 2.05. The maximum Gasteiger partial charge on any atom is 0.328 e. The average Bonchev–Trinajstić information content (AvgIpc) is 2.88. The first-order chi connectivity index (χ1) is 9.32. The summed E-state index contributed by atoms with van der Waals surface area (Å²) in [5.41, 5.74) is 0. The molecule has 0 unspecified atom stereocenters. The minimum absolute atomic E-state index is 0.283. The Morgan fingerprint density at radius 3 is 2.35 bits per heavy atom. The van der Waals surface area contributed by atoms with Crippen LogP contribution in [0.4, 0.5) is 0 Å². The van der Waals surface area contributed by atoms with Gasteiger partial charge in [0.1, 0.15) is 6.04 Å². The number of hydrogen-bond donors (Lipinski definition) is 5. The van der Waals surface area contributed by atoms with Gasteiger partial charge in [-0.05, 0) is 33.2 Å². The van der Waals surface area contributed by atoms with E-state index in [1.165, 1.54) is 13.8 Å². The average molecular weight is 287 g/mol. The van der Waals surface area contributed by atoms with E-state index < -0.39 is 30.1 Å². The van der Waals surface area contributed by atoms with Crippen LogP contribution in [-0.4, -0.2) is 58.8 Å². The summed E-state index contributed by atoms with van der Waals surface area (Å²) < 4.78 is 0. The highest BCUT2D eigenvalue weighted by molar-refractivity contribution is 5.91. The zero-order valence-corrected chi connectivity index (χ0v) is 11.5. The molecule has 0 aliphatic carbocycles. The molecule has 1 rings (SSSR count). The van der Waals surface area contributed by atoms with E-state index in [9.17, 15) is 19.5 Å². The second-order valence-electron chi connectivity index (χ2n) is 4.94. The van der Waals surface area contributed by atoms with Gasteiger partial charge in [-0.1, -0.05) is 0 Å². The summed E-state index contributed by atoms with van der Waals surface area (Å²) in [4.78, 5) is 34.4. The molecule has 114 valence electrons. The number of aliphatic hydroxyl groups excluding tert-OH is 1. The van der Waals surface area contributed by atoms with Gasteiger partial charge in [-0.15, -0.1) is 0 Å². The molecule has 1 saturated heterocycles. The van der Waals surface area contributed by atoms with Crippen LogP contribution >= 0.6 is 0 Å². The van der Waals surface area contributed by atoms with Crippen molar-refractivity contribution in [3.63, 3.8) is 0 Å². The second-order valence-corrected chi connectivity index (χ2v) is 4.94. The summed E-state index contributed by atoms with van der Waals surface area (Å²) in [6, 6.07) is -2.57. The standard InChI is InChI=1S/C12H21N3O5/c1-6(14-11(18)8-4-3-5-13-8)10(17)15-9(7(2)16)12(19)20/h6-9,13,16H,3-5H2,1-2H3,(H,14,18)(H,15,17)(H,19,20)/t6-,7+,8-,9-/m0/s1. The molecule has 20 heavy (non-hydrogen) atoms. The molecular weight excluding hydrogens is 266 g/mol. The molecule has 0 aromatic heterocycles. The van der Waals surface area contributed by atoms with Crippen LogP contribution in [0.2, 0.25) is 0 Å². The van der Waals surface area contributed by atoms with Gasteiger partial charge in [0.05, 0.1) is 12.1 Å². The van der Waals surface area contributed by atoms with Crippen LogP contribution in [0.15, 0.2) is 0 Å². The molecule has 0 bridgehead atoms. The van der Waals surface area contributed by atoms with Crippen LogP contribution in [0, 0.1) is 0 Å². The zero-order chi connectivity index (χ0) is 15.3.